The van der Waals surface area contributed by atoms with Crippen LogP contribution < -0.4 is 5.48 Å². The van der Waals surface area contributed by atoms with Gasteiger partial charge in [-0.3, -0.25) is 4.84 Å². The number of nitrogens with zero attached hydrogens (tertiary/aromatic N) is 1. The Morgan fingerprint density at radius 1 is 1.17 bits per heavy atom. The Labute approximate surface area is 135 Å². The lowest BCUT2D eigenvalue weighted by molar-refractivity contribution is 0.0258. The van der Waals surface area contributed by atoms with Crippen molar-refractivity contribution in [3.05, 3.63) is 71.3 Å². The summed E-state index contributed by atoms with van der Waals surface area (Å²) in [5, 5.41) is 9.70. The number of benzene rings is 2. The van der Waals surface area contributed by atoms with Crippen LogP contribution in [0.25, 0.3) is 0 Å². The maximum absolute atomic E-state index is 12.3. The third kappa shape index (κ3) is 3.52. The molecule has 0 saturated heterocycles. The van der Waals surface area contributed by atoms with Gasteiger partial charge in [-0.2, -0.15) is 0 Å². The molecule has 0 radical (unpaired) electrons. The molecule has 1 atom stereocenters. The first-order valence-corrected chi connectivity index (χ1v) is 7.70. The molecule has 0 fully saturated rings. The van der Waals surface area contributed by atoms with Crippen LogP contribution >= 0.6 is 0 Å². The largest absolute Gasteiger partial charge is 0.394 e. The van der Waals surface area contributed by atoms with Crippen molar-refractivity contribution in [3.8, 4) is 0 Å². The molecule has 1 heterocycles. The third-order valence-electron chi connectivity index (χ3n) is 4.09. The summed E-state index contributed by atoms with van der Waals surface area (Å²) in [6.45, 7) is 0.757. The maximum Gasteiger partial charge on any atom is 0.341 e. The molecule has 2 amide bonds. The fourth-order valence-corrected chi connectivity index (χ4v) is 2.91. The van der Waals surface area contributed by atoms with Gasteiger partial charge in [0.25, 0.3) is 0 Å². The Morgan fingerprint density at radius 3 is 2.70 bits per heavy atom. The SMILES string of the molecule is O=C(NOCc1ccccc1)N1CCc2ccccc2C1CO. The van der Waals surface area contributed by atoms with E-state index in [0.29, 0.717) is 13.2 Å². The lowest BCUT2D eigenvalue weighted by atomic mass is 9.93. The summed E-state index contributed by atoms with van der Waals surface area (Å²) in [5.41, 5.74) is 5.63. The molecule has 0 spiro atoms. The molecule has 0 bridgehead atoms. The molecule has 2 N–H and O–H groups in total. The molecule has 1 aliphatic rings. The van der Waals surface area contributed by atoms with Gasteiger partial charge in [-0.05, 0) is 23.1 Å². The Balaban J connectivity index is 1.61. The highest BCUT2D eigenvalue weighted by atomic mass is 16.7. The van der Waals surface area contributed by atoms with E-state index in [1.807, 2.05) is 54.6 Å². The van der Waals surface area contributed by atoms with Crippen molar-refractivity contribution in [2.75, 3.05) is 13.2 Å². The zero-order valence-electron chi connectivity index (χ0n) is 12.8. The van der Waals surface area contributed by atoms with Gasteiger partial charge in [0, 0.05) is 6.54 Å². The zero-order valence-corrected chi connectivity index (χ0v) is 12.8. The van der Waals surface area contributed by atoms with Crippen LogP contribution in [0.15, 0.2) is 54.6 Å². The van der Waals surface area contributed by atoms with Crippen LogP contribution in [0.1, 0.15) is 22.7 Å². The summed E-state index contributed by atoms with van der Waals surface area (Å²) in [6, 6.07) is 16.9. The Hall–Kier alpha value is -2.37. The van der Waals surface area contributed by atoms with Crippen molar-refractivity contribution in [3.63, 3.8) is 0 Å². The van der Waals surface area contributed by atoms with Gasteiger partial charge in [-0.1, -0.05) is 54.6 Å². The first kappa shape index (κ1) is 15.5. The predicted octanol–water partition coefficient (Wildman–Crippen LogP) is 2.42. The number of carbonyl (C=O) groups is 1. The monoisotopic (exact) mass is 312 g/mol. The van der Waals surface area contributed by atoms with Gasteiger partial charge >= 0.3 is 6.03 Å². The van der Waals surface area contributed by atoms with Crippen LogP contribution in [0.3, 0.4) is 0 Å². The van der Waals surface area contributed by atoms with E-state index in [2.05, 4.69) is 5.48 Å². The molecule has 1 aliphatic heterocycles. The summed E-state index contributed by atoms with van der Waals surface area (Å²) in [7, 11) is 0. The second-order valence-electron chi connectivity index (χ2n) is 5.52. The third-order valence-corrected chi connectivity index (χ3v) is 4.09. The van der Waals surface area contributed by atoms with E-state index in [0.717, 1.165) is 17.5 Å². The number of rotatable bonds is 4. The van der Waals surface area contributed by atoms with Crippen molar-refractivity contribution in [1.29, 1.82) is 0 Å². The highest BCUT2D eigenvalue weighted by molar-refractivity contribution is 5.74. The van der Waals surface area contributed by atoms with Crippen LogP contribution in [0.2, 0.25) is 0 Å². The van der Waals surface area contributed by atoms with E-state index < -0.39 is 0 Å². The number of aliphatic hydroxyl groups is 1. The van der Waals surface area contributed by atoms with Gasteiger partial charge in [0.15, 0.2) is 0 Å². The molecule has 1 unspecified atom stereocenters. The summed E-state index contributed by atoms with van der Waals surface area (Å²) in [4.78, 5) is 19.3. The van der Waals surface area contributed by atoms with E-state index in [4.69, 9.17) is 4.84 Å². The molecular formula is C18H20N2O3. The number of hydrogen-bond acceptors (Lipinski definition) is 3. The zero-order chi connectivity index (χ0) is 16.1. The van der Waals surface area contributed by atoms with Gasteiger partial charge in [0.1, 0.15) is 0 Å². The molecule has 120 valence electrons. The van der Waals surface area contributed by atoms with Crippen molar-refractivity contribution in [1.82, 2.24) is 10.4 Å². The van der Waals surface area contributed by atoms with Gasteiger partial charge in [0.05, 0.1) is 19.3 Å². The molecule has 2 aromatic carbocycles. The smallest absolute Gasteiger partial charge is 0.341 e. The van der Waals surface area contributed by atoms with E-state index in [1.165, 1.54) is 5.56 Å². The molecule has 0 aliphatic carbocycles. The van der Waals surface area contributed by atoms with Crippen molar-refractivity contribution in [2.24, 2.45) is 0 Å². The molecule has 0 saturated carbocycles. The molecule has 3 rings (SSSR count). The first-order valence-electron chi connectivity index (χ1n) is 7.70. The van der Waals surface area contributed by atoms with Crippen LogP contribution in [0.5, 0.6) is 0 Å². The van der Waals surface area contributed by atoms with Crippen LogP contribution in [0, 0.1) is 0 Å². The Kier molecular flexibility index (Phi) is 4.90. The predicted molar refractivity (Wildman–Crippen MR) is 86.4 cm³/mol. The molecule has 5 heteroatoms. The maximum atomic E-state index is 12.3. The van der Waals surface area contributed by atoms with E-state index in [1.54, 1.807) is 4.90 Å². The van der Waals surface area contributed by atoms with Gasteiger partial charge in [-0.15, -0.1) is 0 Å². The van der Waals surface area contributed by atoms with Gasteiger partial charge in [0.2, 0.25) is 0 Å². The number of fused-ring (bicyclic) bond motifs is 1. The molecule has 2 aromatic rings. The lowest BCUT2D eigenvalue weighted by Gasteiger charge is -2.36. The number of carbonyl (C=O) groups excluding carboxylic acids is 1. The first-order chi connectivity index (χ1) is 11.3. The number of hydrogen-bond donors (Lipinski definition) is 2. The summed E-state index contributed by atoms with van der Waals surface area (Å²) >= 11 is 0. The number of nitrogens with one attached hydrogen (secondary N) is 1. The van der Waals surface area contributed by atoms with Crippen LogP contribution in [-0.4, -0.2) is 29.2 Å². The van der Waals surface area contributed by atoms with Crippen LogP contribution in [-0.2, 0) is 17.9 Å². The fourth-order valence-electron chi connectivity index (χ4n) is 2.91. The van der Waals surface area contributed by atoms with Crippen molar-refractivity contribution >= 4 is 6.03 Å². The number of hydroxylamine groups is 1. The van der Waals surface area contributed by atoms with E-state index in [-0.39, 0.29) is 18.7 Å². The molecular weight excluding hydrogens is 292 g/mol. The van der Waals surface area contributed by atoms with Crippen molar-refractivity contribution in [2.45, 2.75) is 19.1 Å². The summed E-state index contributed by atoms with van der Waals surface area (Å²) in [5.74, 6) is 0. The van der Waals surface area contributed by atoms with Crippen molar-refractivity contribution < 1.29 is 14.7 Å². The normalized spacial score (nSPS) is 16.7. The van der Waals surface area contributed by atoms with Gasteiger partial charge in [-0.25, -0.2) is 10.3 Å². The highest BCUT2D eigenvalue weighted by Crippen LogP contribution is 2.29. The standard InChI is InChI=1S/C18H20N2O3/c21-12-17-16-9-5-4-8-15(16)10-11-20(17)18(22)19-23-13-14-6-2-1-3-7-14/h1-9,17,21H,10-13H2,(H,19,22). The number of amides is 2. The average molecular weight is 312 g/mol. The minimum absolute atomic E-state index is 0.108. The molecule has 0 aromatic heterocycles. The minimum atomic E-state index is -0.333. The Morgan fingerprint density at radius 2 is 1.91 bits per heavy atom. The summed E-state index contributed by atoms with van der Waals surface area (Å²) < 4.78 is 0. The number of urea groups is 1. The quantitative estimate of drug-likeness (QED) is 0.852. The minimum Gasteiger partial charge on any atom is -0.394 e. The molecule has 5 nitrogen and oxygen atoms in total. The van der Waals surface area contributed by atoms with E-state index in [9.17, 15) is 9.90 Å². The highest BCUT2D eigenvalue weighted by Gasteiger charge is 2.30. The topological polar surface area (TPSA) is 61.8 Å². The second kappa shape index (κ2) is 7.26. The average Bonchev–Trinajstić information content (AvgIpc) is 2.61. The number of aliphatic hydroxyl groups excluding tert-OH is 1. The molecule has 23 heavy (non-hydrogen) atoms. The van der Waals surface area contributed by atoms with Crippen LogP contribution in [0.4, 0.5) is 4.79 Å². The Bertz CT molecular complexity index is 660. The fraction of sp³-hybridized carbons (Fsp3) is 0.278. The lowest BCUT2D eigenvalue weighted by Crippen LogP contribution is -2.46. The second-order valence-corrected chi connectivity index (χ2v) is 5.52. The van der Waals surface area contributed by atoms with Gasteiger partial charge < -0.3 is 10.0 Å². The van der Waals surface area contributed by atoms with E-state index >= 15 is 0 Å². The summed E-state index contributed by atoms with van der Waals surface area (Å²) in [6.07, 6.45) is 0.777.